The lowest BCUT2D eigenvalue weighted by Crippen LogP contribution is -1.85. The first-order chi connectivity index (χ1) is 5.75. The summed E-state index contributed by atoms with van der Waals surface area (Å²) in [5.74, 6) is 2.19. The minimum atomic E-state index is 0.518. The van der Waals surface area contributed by atoms with Gasteiger partial charge >= 0.3 is 0 Å². The minimum Gasteiger partial charge on any atom is -0.361 e. The van der Waals surface area contributed by atoms with Crippen LogP contribution in [0.2, 0.25) is 0 Å². The molecule has 0 atom stereocenters. The Morgan fingerprint density at radius 1 is 1.58 bits per heavy atom. The fraction of sp³-hybridized carbons (Fsp3) is 0.500. The lowest BCUT2D eigenvalue weighted by Gasteiger charge is -1.94. The van der Waals surface area contributed by atoms with E-state index in [1.165, 1.54) is 0 Å². The van der Waals surface area contributed by atoms with Crippen LogP contribution in [0.25, 0.3) is 0 Å². The first kappa shape index (κ1) is 9.14. The van der Waals surface area contributed by atoms with Crippen LogP contribution in [0.15, 0.2) is 4.52 Å². The van der Waals surface area contributed by atoms with Crippen molar-refractivity contribution in [3.05, 3.63) is 17.0 Å². The molecule has 0 bridgehead atoms. The van der Waals surface area contributed by atoms with Crippen LogP contribution in [0.4, 0.5) is 0 Å². The Morgan fingerprint density at radius 3 is 2.83 bits per heavy atom. The Hall–Kier alpha value is -0.950. The van der Waals surface area contributed by atoms with Gasteiger partial charge in [-0.05, 0) is 13.8 Å². The van der Waals surface area contributed by atoms with Gasteiger partial charge in [0.15, 0.2) is 0 Å². The highest BCUT2D eigenvalue weighted by atomic mass is 32.2. The zero-order valence-corrected chi connectivity index (χ0v) is 7.94. The molecule has 3 nitrogen and oxygen atoms in total. The van der Waals surface area contributed by atoms with Crippen LogP contribution in [-0.2, 0) is 5.75 Å². The van der Waals surface area contributed by atoms with Gasteiger partial charge in [0.05, 0.1) is 17.5 Å². The zero-order chi connectivity index (χ0) is 8.97. The molecule has 0 aromatic carbocycles. The predicted octanol–water partition coefficient (Wildman–Crippen LogP) is 2.05. The van der Waals surface area contributed by atoms with Crippen LogP contribution in [-0.4, -0.2) is 10.9 Å². The van der Waals surface area contributed by atoms with Crippen molar-refractivity contribution in [2.24, 2.45) is 0 Å². The van der Waals surface area contributed by atoms with Crippen LogP contribution in [0.5, 0.6) is 0 Å². The van der Waals surface area contributed by atoms with Gasteiger partial charge in [-0.2, -0.15) is 5.26 Å². The second-order valence-electron chi connectivity index (χ2n) is 2.45. The fourth-order valence-corrected chi connectivity index (χ4v) is 1.72. The molecule has 1 rings (SSSR count). The van der Waals surface area contributed by atoms with Crippen molar-refractivity contribution in [3.8, 4) is 6.07 Å². The molecular weight excluding hydrogens is 172 g/mol. The number of thioether (sulfide) groups is 1. The molecule has 0 N–H and O–H groups in total. The highest BCUT2D eigenvalue weighted by Crippen LogP contribution is 2.18. The van der Waals surface area contributed by atoms with E-state index < -0.39 is 0 Å². The van der Waals surface area contributed by atoms with Crippen LogP contribution in [0.3, 0.4) is 0 Å². The molecule has 0 aliphatic rings. The van der Waals surface area contributed by atoms with Crippen LogP contribution < -0.4 is 0 Å². The van der Waals surface area contributed by atoms with Gasteiger partial charge in [-0.3, -0.25) is 0 Å². The van der Waals surface area contributed by atoms with Crippen LogP contribution in [0.1, 0.15) is 17.0 Å². The third-order valence-electron chi connectivity index (χ3n) is 1.59. The van der Waals surface area contributed by atoms with Crippen molar-refractivity contribution >= 4 is 11.8 Å². The Kier molecular flexibility index (Phi) is 3.18. The third-order valence-corrected chi connectivity index (χ3v) is 2.42. The summed E-state index contributed by atoms with van der Waals surface area (Å²) in [4.78, 5) is 0. The standard InChI is InChI=1S/C8H10N2OS/c1-6-8(5-12-4-3-9)7(2)11-10-6/h4-5H2,1-2H3. The molecule has 0 saturated carbocycles. The molecule has 0 unspecified atom stereocenters. The van der Waals surface area contributed by atoms with Gasteiger partial charge in [-0.1, -0.05) is 5.16 Å². The number of hydrogen-bond acceptors (Lipinski definition) is 4. The summed E-state index contributed by atoms with van der Waals surface area (Å²) in [6.07, 6.45) is 0. The van der Waals surface area contributed by atoms with Crippen molar-refractivity contribution in [1.29, 1.82) is 5.26 Å². The lowest BCUT2D eigenvalue weighted by molar-refractivity contribution is 0.392. The van der Waals surface area contributed by atoms with Gasteiger partial charge in [-0.25, -0.2) is 0 Å². The van der Waals surface area contributed by atoms with Crippen molar-refractivity contribution in [2.45, 2.75) is 19.6 Å². The van der Waals surface area contributed by atoms with Gasteiger partial charge in [-0.15, -0.1) is 11.8 Å². The average molecular weight is 182 g/mol. The first-order valence-electron chi connectivity index (χ1n) is 3.62. The van der Waals surface area contributed by atoms with Gasteiger partial charge < -0.3 is 4.52 Å². The minimum absolute atomic E-state index is 0.518. The van der Waals surface area contributed by atoms with Crippen LogP contribution >= 0.6 is 11.8 Å². The summed E-state index contributed by atoms with van der Waals surface area (Å²) in [7, 11) is 0. The number of nitriles is 1. The van der Waals surface area contributed by atoms with Gasteiger partial charge in [0, 0.05) is 11.3 Å². The van der Waals surface area contributed by atoms with E-state index in [2.05, 4.69) is 11.2 Å². The molecule has 12 heavy (non-hydrogen) atoms. The molecule has 0 aliphatic heterocycles. The molecule has 4 heteroatoms. The van der Waals surface area contributed by atoms with Crippen molar-refractivity contribution in [2.75, 3.05) is 5.75 Å². The van der Waals surface area contributed by atoms with Gasteiger partial charge in [0.1, 0.15) is 5.76 Å². The third kappa shape index (κ3) is 2.02. The van der Waals surface area contributed by atoms with E-state index in [9.17, 15) is 0 Å². The van der Waals surface area contributed by atoms with Crippen molar-refractivity contribution in [1.82, 2.24) is 5.16 Å². The summed E-state index contributed by atoms with van der Waals surface area (Å²) < 4.78 is 4.98. The predicted molar refractivity (Wildman–Crippen MR) is 47.8 cm³/mol. The normalized spacial score (nSPS) is 9.75. The highest BCUT2D eigenvalue weighted by Gasteiger charge is 2.07. The number of rotatable bonds is 3. The number of aromatic nitrogens is 1. The average Bonchev–Trinajstić information content (AvgIpc) is 2.35. The number of aryl methyl sites for hydroxylation is 2. The van der Waals surface area contributed by atoms with Gasteiger partial charge in [0.2, 0.25) is 0 Å². The van der Waals surface area contributed by atoms with E-state index in [4.69, 9.17) is 9.78 Å². The SMILES string of the molecule is Cc1noc(C)c1CSCC#N. The topological polar surface area (TPSA) is 49.8 Å². The molecule has 1 aromatic rings. The summed E-state index contributed by atoms with van der Waals surface area (Å²) in [5, 5.41) is 12.1. The van der Waals surface area contributed by atoms with E-state index in [0.29, 0.717) is 5.75 Å². The van der Waals surface area contributed by atoms with E-state index in [1.807, 2.05) is 13.8 Å². The molecule has 0 saturated heterocycles. The van der Waals surface area contributed by atoms with Crippen molar-refractivity contribution < 1.29 is 4.52 Å². The number of nitrogens with zero attached hydrogens (tertiary/aromatic N) is 2. The summed E-state index contributed by atoms with van der Waals surface area (Å²) in [5.41, 5.74) is 2.05. The smallest absolute Gasteiger partial charge is 0.137 e. The molecule has 1 heterocycles. The molecule has 64 valence electrons. The Bertz CT molecular complexity index is 281. The molecule has 0 spiro atoms. The zero-order valence-electron chi connectivity index (χ0n) is 7.13. The van der Waals surface area contributed by atoms with E-state index in [-0.39, 0.29) is 0 Å². The molecular formula is C8H10N2OS. The largest absolute Gasteiger partial charge is 0.361 e. The van der Waals surface area contributed by atoms with E-state index >= 15 is 0 Å². The maximum atomic E-state index is 8.32. The maximum Gasteiger partial charge on any atom is 0.137 e. The van der Waals surface area contributed by atoms with Crippen molar-refractivity contribution in [3.63, 3.8) is 0 Å². The fourth-order valence-electron chi connectivity index (χ4n) is 0.907. The summed E-state index contributed by atoms with van der Waals surface area (Å²) >= 11 is 1.58. The Balaban J connectivity index is 2.57. The second-order valence-corrected chi connectivity index (χ2v) is 3.44. The monoisotopic (exact) mass is 182 g/mol. The summed E-state index contributed by atoms with van der Waals surface area (Å²) in [6.45, 7) is 3.81. The molecule has 1 aromatic heterocycles. The quantitative estimate of drug-likeness (QED) is 0.671. The molecule has 0 fully saturated rings. The van der Waals surface area contributed by atoms with E-state index in [0.717, 1.165) is 22.8 Å². The second kappa shape index (κ2) is 4.17. The maximum absolute atomic E-state index is 8.32. The summed E-state index contributed by atoms with van der Waals surface area (Å²) in [6, 6.07) is 2.08. The lowest BCUT2D eigenvalue weighted by atomic mass is 10.2. The Morgan fingerprint density at radius 2 is 2.33 bits per heavy atom. The molecule has 0 aliphatic carbocycles. The number of hydrogen-bond donors (Lipinski definition) is 0. The van der Waals surface area contributed by atoms with Crippen LogP contribution in [0, 0.1) is 25.2 Å². The first-order valence-corrected chi connectivity index (χ1v) is 4.77. The molecule has 0 amide bonds. The Labute approximate surface area is 75.7 Å². The van der Waals surface area contributed by atoms with E-state index in [1.54, 1.807) is 11.8 Å². The van der Waals surface area contributed by atoms with Gasteiger partial charge in [0.25, 0.3) is 0 Å². The highest BCUT2D eigenvalue weighted by molar-refractivity contribution is 7.98. The molecule has 0 radical (unpaired) electrons.